The lowest BCUT2D eigenvalue weighted by Gasteiger charge is -2.13. The second-order valence-corrected chi connectivity index (χ2v) is 5.16. The Kier molecular flexibility index (Phi) is 3.84. The Hall–Kier alpha value is -3.49. The summed E-state index contributed by atoms with van der Waals surface area (Å²) < 4.78 is 19.8. The number of nitrogens with one attached hydrogen (secondary N) is 1. The number of esters is 1. The molecule has 2 aromatic rings. The third-order valence-corrected chi connectivity index (χ3v) is 3.65. The van der Waals surface area contributed by atoms with E-state index < -0.39 is 35.0 Å². The highest BCUT2D eigenvalue weighted by Crippen LogP contribution is 2.24. The van der Waals surface area contributed by atoms with Crippen molar-refractivity contribution in [1.29, 1.82) is 0 Å². The Bertz CT molecular complexity index is 996. The largest absolute Gasteiger partial charge is 0.462 e. The maximum atomic E-state index is 14.3. The maximum absolute atomic E-state index is 14.3. The molecule has 1 aromatic heterocycles. The van der Waals surface area contributed by atoms with Crippen molar-refractivity contribution in [2.75, 3.05) is 12.3 Å². The monoisotopic (exact) mass is 345 g/mol. The molecule has 128 valence electrons. The van der Waals surface area contributed by atoms with Crippen LogP contribution in [0, 0.1) is 5.82 Å². The number of ether oxygens (including phenoxy) is 1. The van der Waals surface area contributed by atoms with Gasteiger partial charge in [0.05, 0.1) is 29.0 Å². The van der Waals surface area contributed by atoms with Gasteiger partial charge in [0, 0.05) is 6.07 Å². The van der Waals surface area contributed by atoms with E-state index in [9.17, 15) is 23.6 Å². The summed E-state index contributed by atoms with van der Waals surface area (Å²) in [6.07, 6.45) is 0. The number of anilines is 1. The van der Waals surface area contributed by atoms with E-state index in [-0.39, 0.29) is 29.0 Å². The van der Waals surface area contributed by atoms with Crippen molar-refractivity contribution >= 4 is 23.6 Å². The fourth-order valence-corrected chi connectivity index (χ4v) is 2.55. The number of rotatable bonds is 3. The first-order valence-corrected chi connectivity index (χ1v) is 7.23. The van der Waals surface area contributed by atoms with Gasteiger partial charge in [-0.05, 0) is 25.1 Å². The van der Waals surface area contributed by atoms with Gasteiger partial charge >= 0.3 is 5.97 Å². The van der Waals surface area contributed by atoms with Gasteiger partial charge in [0.25, 0.3) is 17.4 Å². The van der Waals surface area contributed by atoms with Crippen molar-refractivity contribution in [3.63, 3.8) is 0 Å². The highest BCUT2D eigenvalue weighted by Gasteiger charge is 2.32. The number of hydrogen-bond donors (Lipinski definition) is 2. The minimum absolute atomic E-state index is 0.00516. The molecule has 25 heavy (non-hydrogen) atoms. The molecule has 0 bridgehead atoms. The van der Waals surface area contributed by atoms with Crippen molar-refractivity contribution in [2.24, 2.45) is 0 Å². The molecule has 9 heteroatoms. The first kappa shape index (κ1) is 16.4. The SMILES string of the molecule is CCOC(=O)c1ccc(F)c(-n2c(N)c3c(cc2=O)C(=O)NC3=O)c1. The average Bonchev–Trinajstić information content (AvgIpc) is 2.83. The van der Waals surface area contributed by atoms with Crippen LogP contribution in [0.2, 0.25) is 0 Å². The lowest BCUT2D eigenvalue weighted by molar-refractivity contribution is 0.0526. The van der Waals surface area contributed by atoms with Crippen LogP contribution in [0.15, 0.2) is 29.1 Å². The number of nitrogens with zero attached hydrogens (tertiary/aromatic N) is 1. The van der Waals surface area contributed by atoms with Crippen LogP contribution in [-0.2, 0) is 4.74 Å². The number of benzene rings is 1. The molecule has 1 aromatic carbocycles. The molecule has 3 rings (SSSR count). The zero-order valence-corrected chi connectivity index (χ0v) is 13.0. The van der Waals surface area contributed by atoms with Gasteiger partial charge in [-0.1, -0.05) is 0 Å². The number of nitrogens with two attached hydrogens (primary N) is 1. The number of carbonyl (C=O) groups excluding carboxylic acids is 3. The molecule has 2 heterocycles. The van der Waals surface area contributed by atoms with Crippen molar-refractivity contribution in [1.82, 2.24) is 9.88 Å². The van der Waals surface area contributed by atoms with E-state index in [0.717, 1.165) is 22.8 Å². The Morgan fingerprint density at radius 1 is 1.24 bits per heavy atom. The molecule has 0 fully saturated rings. The number of hydrogen-bond acceptors (Lipinski definition) is 6. The molecule has 0 atom stereocenters. The zero-order chi connectivity index (χ0) is 18.3. The number of carbonyl (C=O) groups is 3. The standard InChI is InChI=1S/C16H12FN3O5/c1-2-25-16(24)7-3-4-9(17)10(5-7)20-11(21)6-8-12(13(20)18)15(23)19-14(8)22/h3-6H,2,18H2,1H3,(H,19,22,23). The Balaban J connectivity index is 2.25. The molecular weight excluding hydrogens is 333 g/mol. The van der Waals surface area contributed by atoms with Crippen LogP contribution in [-0.4, -0.2) is 29.0 Å². The fourth-order valence-electron chi connectivity index (χ4n) is 2.55. The second kappa shape index (κ2) is 5.86. The minimum atomic E-state index is -0.841. The van der Waals surface area contributed by atoms with Crippen molar-refractivity contribution in [2.45, 2.75) is 6.92 Å². The van der Waals surface area contributed by atoms with Crippen LogP contribution in [0.5, 0.6) is 0 Å². The van der Waals surface area contributed by atoms with E-state index in [4.69, 9.17) is 10.5 Å². The van der Waals surface area contributed by atoms with Gasteiger partial charge in [0.2, 0.25) is 0 Å². The van der Waals surface area contributed by atoms with E-state index in [2.05, 4.69) is 0 Å². The number of amides is 2. The van der Waals surface area contributed by atoms with Gasteiger partial charge in [-0.3, -0.25) is 24.3 Å². The van der Waals surface area contributed by atoms with E-state index in [1.165, 1.54) is 6.07 Å². The molecule has 0 unspecified atom stereocenters. The maximum Gasteiger partial charge on any atom is 0.338 e. The highest BCUT2D eigenvalue weighted by molar-refractivity contribution is 6.23. The lowest BCUT2D eigenvalue weighted by Crippen LogP contribution is -2.25. The molecule has 0 aliphatic carbocycles. The third kappa shape index (κ3) is 2.55. The molecule has 0 saturated carbocycles. The average molecular weight is 345 g/mol. The first-order valence-electron chi connectivity index (χ1n) is 7.23. The Morgan fingerprint density at radius 2 is 1.96 bits per heavy atom. The molecule has 0 spiro atoms. The molecule has 3 N–H and O–H groups in total. The predicted octanol–water partition coefficient (Wildman–Crippen LogP) is 0.619. The van der Waals surface area contributed by atoms with Gasteiger partial charge < -0.3 is 10.5 Å². The van der Waals surface area contributed by atoms with Crippen LogP contribution < -0.4 is 16.6 Å². The number of fused-ring (bicyclic) bond motifs is 1. The van der Waals surface area contributed by atoms with Crippen LogP contribution in [0.1, 0.15) is 38.0 Å². The smallest absolute Gasteiger partial charge is 0.338 e. The van der Waals surface area contributed by atoms with Crippen molar-refractivity contribution in [3.8, 4) is 5.69 Å². The van der Waals surface area contributed by atoms with Crippen LogP contribution in [0.4, 0.5) is 10.2 Å². The molecule has 2 amide bonds. The van der Waals surface area contributed by atoms with Crippen LogP contribution in [0.25, 0.3) is 5.69 Å². The predicted molar refractivity (Wildman–Crippen MR) is 84.2 cm³/mol. The van der Waals surface area contributed by atoms with Gasteiger partial charge in [-0.2, -0.15) is 0 Å². The topological polar surface area (TPSA) is 120 Å². The van der Waals surface area contributed by atoms with Gasteiger partial charge in [0.15, 0.2) is 0 Å². The summed E-state index contributed by atoms with van der Waals surface area (Å²) in [6, 6.07) is 4.15. The summed E-state index contributed by atoms with van der Waals surface area (Å²) in [5.41, 5.74) is 4.30. The second-order valence-electron chi connectivity index (χ2n) is 5.16. The molecule has 1 aliphatic heterocycles. The third-order valence-electron chi connectivity index (χ3n) is 3.65. The van der Waals surface area contributed by atoms with Gasteiger partial charge in [-0.25, -0.2) is 9.18 Å². The van der Waals surface area contributed by atoms with Crippen LogP contribution >= 0.6 is 0 Å². The van der Waals surface area contributed by atoms with E-state index in [0.29, 0.717) is 0 Å². The van der Waals surface area contributed by atoms with Gasteiger partial charge in [-0.15, -0.1) is 0 Å². The number of halogens is 1. The van der Waals surface area contributed by atoms with E-state index >= 15 is 0 Å². The van der Waals surface area contributed by atoms with E-state index in [1.54, 1.807) is 6.92 Å². The number of aromatic nitrogens is 1. The molecule has 8 nitrogen and oxygen atoms in total. The quantitative estimate of drug-likeness (QED) is 0.621. The summed E-state index contributed by atoms with van der Waals surface area (Å²) in [5, 5.41) is 2.01. The van der Waals surface area contributed by atoms with E-state index in [1.807, 2.05) is 5.32 Å². The highest BCUT2D eigenvalue weighted by atomic mass is 19.1. The summed E-state index contributed by atoms with van der Waals surface area (Å²) in [7, 11) is 0. The fraction of sp³-hybridized carbons (Fsp3) is 0.125. The zero-order valence-electron chi connectivity index (χ0n) is 13.0. The van der Waals surface area contributed by atoms with Crippen molar-refractivity contribution < 1.29 is 23.5 Å². The summed E-state index contributed by atoms with van der Waals surface area (Å²) in [6.45, 7) is 1.73. The summed E-state index contributed by atoms with van der Waals surface area (Å²) >= 11 is 0. The molecule has 0 radical (unpaired) electrons. The molecule has 1 aliphatic rings. The first-order chi connectivity index (χ1) is 11.8. The van der Waals surface area contributed by atoms with Gasteiger partial charge in [0.1, 0.15) is 11.6 Å². The summed E-state index contributed by atoms with van der Waals surface area (Å²) in [4.78, 5) is 47.6. The minimum Gasteiger partial charge on any atom is -0.462 e. The molecule has 0 saturated heterocycles. The number of pyridine rings is 1. The summed E-state index contributed by atoms with van der Waals surface area (Å²) in [5.74, 6) is -3.48. The molecular formula is C16H12FN3O5. The Labute approximate surface area is 140 Å². The lowest BCUT2D eigenvalue weighted by atomic mass is 10.1. The number of nitrogen functional groups attached to an aromatic ring is 1. The Morgan fingerprint density at radius 3 is 2.64 bits per heavy atom. The van der Waals surface area contributed by atoms with Crippen LogP contribution in [0.3, 0.4) is 0 Å². The normalized spacial score (nSPS) is 12.7. The number of imide groups is 1. The van der Waals surface area contributed by atoms with Crippen molar-refractivity contribution in [3.05, 3.63) is 57.1 Å².